The molecule has 0 saturated heterocycles. The molecular formula is C18H28BrN. The zero-order valence-corrected chi connectivity index (χ0v) is 14.8. The Kier molecular flexibility index (Phi) is 5.68. The van der Waals surface area contributed by atoms with Crippen LogP contribution in [0.15, 0.2) is 28.7 Å². The summed E-state index contributed by atoms with van der Waals surface area (Å²) in [7, 11) is 0. The van der Waals surface area contributed by atoms with Crippen molar-refractivity contribution < 1.29 is 0 Å². The van der Waals surface area contributed by atoms with E-state index >= 15 is 0 Å². The SMILES string of the molecule is CC1CCC(C(C)C)C(N[C@H](C)c2cccc(Br)c2)C1. The highest BCUT2D eigenvalue weighted by Gasteiger charge is 2.31. The van der Waals surface area contributed by atoms with E-state index in [1.165, 1.54) is 29.3 Å². The molecule has 4 atom stereocenters. The summed E-state index contributed by atoms with van der Waals surface area (Å²) in [6.45, 7) is 9.44. The van der Waals surface area contributed by atoms with E-state index < -0.39 is 0 Å². The van der Waals surface area contributed by atoms with Crippen LogP contribution < -0.4 is 5.32 Å². The monoisotopic (exact) mass is 337 g/mol. The van der Waals surface area contributed by atoms with E-state index in [1.807, 2.05) is 0 Å². The van der Waals surface area contributed by atoms with Crippen LogP contribution in [0.4, 0.5) is 0 Å². The minimum absolute atomic E-state index is 0.420. The first-order chi connectivity index (χ1) is 9.47. The Morgan fingerprint density at radius 2 is 1.95 bits per heavy atom. The topological polar surface area (TPSA) is 12.0 Å². The normalized spacial score (nSPS) is 28.6. The van der Waals surface area contributed by atoms with E-state index in [2.05, 4.69) is 73.2 Å². The minimum atomic E-state index is 0.420. The van der Waals surface area contributed by atoms with Crippen molar-refractivity contribution in [3.05, 3.63) is 34.3 Å². The summed E-state index contributed by atoms with van der Waals surface area (Å²) in [5, 5.41) is 3.90. The van der Waals surface area contributed by atoms with Crippen LogP contribution in [0.1, 0.15) is 58.6 Å². The number of hydrogen-bond donors (Lipinski definition) is 1. The summed E-state index contributed by atoms with van der Waals surface area (Å²) in [5.41, 5.74) is 1.38. The molecule has 112 valence electrons. The molecule has 2 heteroatoms. The summed E-state index contributed by atoms with van der Waals surface area (Å²) in [6.07, 6.45) is 4.09. The number of hydrogen-bond acceptors (Lipinski definition) is 1. The fourth-order valence-corrected chi connectivity index (χ4v) is 4.00. The number of nitrogens with one attached hydrogen (secondary N) is 1. The second-order valence-corrected chi connectivity index (χ2v) is 7.79. The molecule has 3 unspecified atom stereocenters. The van der Waals surface area contributed by atoms with Crippen LogP contribution in [0, 0.1) is 17.8 Å². The van der Waals surface area contributed by atoms with Gasteiger partial charge in [0.05, 0.1) is 0 Å². The van der Waals surface area contributed by atoms with Crippen molar-refractivity contribution in [1.82, 2.24) is 5.32 Å². The maximum atomic E-state index is 3.90. The summed E-state index contributed by atoms with van der Waals surface area (Å²) in [4.78, 5) is 0. The quantitative estimate of drug-likeness (QED) is 0.758. The van der Waals surface area contributed by atoms with Crippen molar-refractivity contribution in [1.29, 1.82) is 0 Å². The first kappa shape index (κ1) is 16.0. The summed E-state index contributed by atoms with van der Waals surface area (Å²) < 4.78 is 1.17. The lowest BCUT2D eigenvalue weighted by Crippen LogP contribution is -2.43. The highest BCUT2D eigenvalue weighted by Crippen LogP contribution is 2.34. The van der Waals surface area contributed by atoms with Crippen LogP contribution in [0.5, 0.6) is 0 Å². The van der Waals surface area contributed by atoms with Gasteiger partial charge >= 0.3 is 0 Å². The second kappa shape index (κ2) is 7.09. The molecule has 1 saturated carbocycles. The highest BCUT2D eigenvalue weighted by atomic mass is 79.9. The smallest absolute Gasteiger partial charge is 0.0294 e. The zero-order valence-electron chi connectivity index (χ0n) is 13.2. The fraction of sp³-hybridized carbons (Fsp3) is 0.667. The van der Waals surface area contributed by atoms with Gasteiger partial charge in [-0.05, 0) is 55.2 Å². The third-order valence-corrected chi connectivity index (χ3v) is 5.33. The van der Waals surface area contributed by atoms with Gasteiger partial charge in [-0.25, -0.2) is 0 Å². The van der Waals surface area contributed by atoms with E-state index in [0.717, 1.165) is 17.8 Å². The van der Waals surface area contributed by atoms with Crippen LogP contribution in [-0.2, 0) is 0 Å². The van der Waals surface area contributed by atoms with Gasteiger partial charge in [-0.3, -0.25) is 0 Å². The molecule has 2 rings (SSSR count). The molecule has 0 bridgehead atoms. The molecule has 1 aliphatic carbocycles. The molecule has 1 fully saturated rings. The van der Waals surface area contributed by atoms with Crippen LogP contribution in [0.3, 0.4) is 0 Å². The van der Waals surface area contributed by atoms with Crippen LogP contribution in [0.2, 0.25) is 0 Å². The largest absolute Gasteiger partial charge is 0.307 e. The predicted octanol–water partition coefficient (Wildman–Crippen LogP) is 5.56. The van der Waals surface area contributed by atoms with Crippen molar-refractivity contribution in [2.75, 3.05) is 0 Å². The zero-order chi connectivity index (χ0) is 14.7. The minimum Gasteiger partial charge on any atom is -0.307 e. The van der Waals surface area contributed by atoms with Gasteiger partial charge in [0.25, 0.3) is 0 Å². The van der Waals surface area contributed by atoms with Gasteiger partial charge in [-0.15, -0.1) is 0 Å². The molecule has 1 N–H and O–H groups in total. The third-order valence-electron chi connectivity index (χ3n) is 4.83. The lowest BCUT2D eigenvalue weighted by atomic mass is 9.73. The third kappa shape index (κ3) is 4.08. The van der Waals surface area contributed by atoms with Crippen molar-refractivity contribution in [2.24, 2.45) is 17.8 Å². The van der Waals surface area contributed by atoms with Gasteiger partial charge in [0, 0.05) is 16.6 Å². The second-order valence-electron chi connectivity index (χ2n) is 6.88. The number of rotatable bonds is 4. The summed E-state index contributed by atoms with van der Waals surface area (Å²) in [5.74, 6) is 2.45. The Balaban J connectivity index is 2.05. The van der Waals surface area contributed by atoms with E-state index in [9.17, 15) is 0 Å². The highest BCUT2D eigenvalue weighted by molar-refractivity contribution is 9.10. The molecule has 0 aliphatic heterocycles. The maximum absolute atomic E-state index is 3.90. The fourth-order valence-electron chi connectivity index (χ4n) is 3.59. The summed E-state index contributed by atoms with van der Waals surface area (Å²) in [6, 6.07) is 9.75. The molecule has 0 amide bonds. The van der Waals surface area contributed by atoms with Gasteiger partial charge in [0.2, 0.25) is 0 Å². The van der Waals surface area contributed by atoms with E-state index in [0.29, 0.717) is 12.1 Å². The average Bonchev–Trinajstić information content (AvgIpc) is 2.38. The van der Waals surface area contributed by atoms with Gasteiger partial charge in [0.1, 0.15) is 0 Å². The molecule has 0 radical (unpaired) electrons. The van der Waals surface area contributed by atoms with Gasteiger partial charge in [0.15, 0.2) is 0 Å². The van der Waals surface area contributed by atoms with Gasteiger partial charge in [-0.2, -0.15) is 0 Å². The lowest BCUT2D eigenvalue weighted by molar-refractivity contribution is 0.161. The van der Waals surface area contributed by atoms with E-state index in [1.54, 1.807) is 0 Å². The van der Waals surface area contributed by atoms with Gasteiger partial charge in [-0.1, -0.05) is 55.3 Å². The van der Waals surface area contributed by atoms with Crippen molar-refractivity contribution in [3.63, 3.8) is 0 Å². The van der Waals surface area contributed by atoms with E-state index in [4.69, 9.17) is 0 Å². The van der Waals surface area contributed by atoms with Crippen LogP contribution in [-0.4, -0.2) is 6.04 Å². The molecule has 0 heterocycles. The van der Waals surface area contributed by atoms with Crippen molar-refractivity contribution in [2.45, 2.75) is 59.0 Å². The molecule has 1 aliphatic rings. The Morgan fingerprint density at radius 1 is 1.20 bits per heavy atom. The molecule has 20 heavy (non-hydrogen) atoms. The molecule has 1 aromatic carbocycles. The first-order valence-corrected chi connectivity index (χ1v) is 8.78. The molecule has 0 spiro atoms. The molecule has 1 aromatic rings. The number of halogens is 1. The lowest BCUT2D eigenvalue weighted by Gasteiger charge is -2.39. The predicted molar refractivity (Wildman–Crippen MR) is 90.8 cm³/mol. The molecular weight excluding hydrogens is 310 g/mol. The Bertz CT molecular complexity index is 429. The van der Waals surface area contributed by atoms with Crippen LogP contribution in [0.25, 0.3) is 0 Å². The molecule has 1 nitrogen and oxygen atoms in total. The first-order valence-electron chi connectivity index (χ1n) is 7.99. The molecule has 0 aromatic heterocycles. The van der Waals surface area contributed by atoms with Crippen LogP contribution >= 0.6 is 15.9 Å². The number of benzene rings is 1. The maximum Gasteiger partial charge on any atom is 0.0294 e. The van der Waals surface area contributed by atoms with Gasteiger partial charge < -0.3 is 5.32 Å². The van der Waals surface area contributed by atoms with Crippen molar-refractivity contribution >= 4 is 15.9 Å². The Morgan fingerprint density at radius 3 is 2.60 bits per heavy atom. The Hall–Kier alpha value is -0.340. The average molecular weight is 338 g/mol. The Labute approximate surface area is 132 Å². The standard InChI is InChI=1S/C18H28BrN/c1-12(2)17-9-8-13(3)10-18(17)20-14(4)15-6-5-7-16(19)11-15/h5-7,11-14,17-18,20H,8-10H2,1-4H3/t13?,14-,17?,18?/m1/s1. The van der Waals surface area contributed by atoms with Crippen molar-refractivity contribution in [3.8, 4) is 0 Å². The van der Waals surface area contributed by atoms with E-state index in [-0.39, 0.29) is 0 Å². The summed E-state index contributed by atoms with van der Waals surface area (Å²) >= 11 is 3.57.